The van der Waals surface area contributed by atoms with Crippen molar-refractivity contribution in [1.29, 1.82) is 0 Å². The van der Waals surface area contributed by atoms with Gasteiger partial charge < -0.3 is 19.5 Å². The highest BCUT2D eigenvalue weighted by Crippen LogP contribution is 2.15. The van der Waals surface area contributed by atoms with Gasteiger partial charge in [0.15, 0.2) is 5.82 Å². The fourth-order valence-corrected chi connectivity index (χ4v) is 2.75. The van der Waals surface area contributed by atoms with Crippen molar-refractivity contribution in [3.05, 3.63) is 11.6 Å². The first-order valence-corrected chi connectivity index (χ1v) is 7.25. The van der Waals surface area contributed by atoms with Gasteiger partial charge in [0.1, 0.15) is 5.82 Å². The summed E-state index contributed by atoms with van der Waals surface area (Å²) < 4.78 is 7.60. The summed E-state index contributed by atoms with van der Waals surface area (Å²) in [5.41, 5.74) is 0. The molecule has 1 N–H and O–H groups in total. The third kappa shape index (κ3) is 2.77. The summed E-state index contributed by atoms with van der Waals surface area (Å²) in [4.78, 5) is 13.7. The molecule has 1 aromatic rings. The third-order valence-corrected chi connectivity index (χ3v) is 3.92. The van der Waals surface area contributed by atoms with E-state index in [-0.39, 0.29) is 12.1 Å². The molecule has 110 valence electrons. The largest absolute Gasteiger partial charge is 0.376 e. The molecule has 3 rings (SSSR count). The zero-order valence-corrected chi connectivity index (χ0v) is 11.8. The maximum atomic E-state index is 12.0. The molecule has 2 amide bonds. The topological polar surface area (TPSA) is 72.3 Å². The van der Waals surface area contributed by atoms with Gasteiger partial charge in [-0.3, -0.25) is 0 Å². The Morgan fingerprint density at radius 2 is 2.40 bits per heavy atom. The summed E-state index contributed by atoms with van der Waals surface area (Å²) in [6.07, 6.45) is 4.39. The summed E-state index contributed by atoms with van der Waals surface area (Å²) in [5, 5.41) is 11.2. The minimum absolute atomic E-state index is 0.0872. The van der Waals surface area contributed by atoms with Crippen LogP contribution in [-0.2, 0) is 24.2 Å². The SMILES string of the molecule is CN(Cc1nnc2n1CCC2)C(=O)NCC1CCCO1. The smallest absolute Gasteiger partial charge is 0.317 e. The second kappa shape index (κ2) is 5.78. The van der Waals surface area contributed by atoms with Crippen molar-refractivity contribution in [1.82, 2.24) is 25.0 Å². The Morgan fingerprint density at radius 3 is 3.20 bits per heavy atom. The van der Waals surface area contributed by atoms with Gasteiger partial charge in [-0.15, -0.1) is 10.2 Å². The molecule has 2 aliphatic heterocycles. The van der Waals surface area contributed by atoms with Gasteiger partial charge in [-0.2, -0.15) is 0 Å². The van der Waals surface area contributed by atoms with E-state index >= 15 is 0 Å². The van der Waals surface area contributed by atoms with Gasteiger partial charge in [-0.05, 0) is 19.3 Å². The molecular weight excluding hydrogens is 258 g/mol. The molecule has 7 nitrogen and oxygen atoms in total. The Bertz CT molecular complexity index is 481. The Kier molecular flexibility index (Phi) is 3.86. The fourth-order valence-electron chi connectivity index (χ4n) is 2.75. The van der Waals surface area contributed by atoms with Gasteiger partial charge in [-0.1, -0.05) is 0 Å². The van der Waals surface area contributed by atoms with Crippen molar-refractivity contribution in [2.24, 2.45) is 0 Å². The normalized spacial score (nSPS) is 20.9. The van der Waals surface area contributed by atoms with Crippen LogP contribution in [0.2, 0.25) is 0 Å². The molecule has 0 radical (unpaired) electrons. The number of hydrogen-bond donors (Lipinski definition) is 1. The number of ether oxygens (including phenoxy) is 1. The molecule has 0 spiro atoms. The van der Waals surface area contributed by atoms with Crippen LogP contribution < -0.4 is 5.32 Å². The lowest BCUT2D eigenvalue weighted by molar-refractivity contribution is 0.109. The van der Waals surface area contributed by atoms with Gasteiger partial charge in [0, 0.05) is 33.2 Å². The Hall–Kier alpha value is -1.63. The Morgan fingerprint density at radius 1 is 1.50 bits per heavy atom. The van der Waals surface area contributed by atoms with Crippen LogP contribution in [0.25, 0.3) is 0 Å². The predicted octanol–water partition coefficient (Wildman–Crippen LogP) is 0.545. The lowest BCUT2D eigenvalue weighted by Crippen LogP contribution is -2.40. The van der Waals surface area contributed by atoms with E-state index in [2.05, 4.69) is 20.1 Å². The number of carbonyl (C=O) groups is 1. The maximum Gasteiger partial charge on any atom is 0.317 e. The predicted molar refractivity (Wildman–Crippen MR) is 72.2 cm³/mol. The van der Waals surface area contributed by atoms with Crippen LogP contribution in [0.3, 0.4) is 0 Å². The van der Waals surface area contributed by atoms with Gasteiger partial charge in [0.2, 0.25) is 0 Å². The number of fused-ring (bicyclic) bond motifs is 1. The number of urea groups is 1. The molecule has 1 atom stereocenters. The minimum Gasteiger partial charge on any atom is -0.376 e. The van der Waals surface area contributed by atoms with Crippen LogP contribution in [0, 0.1) is 0 Å². The molecule has 0 aromatic carbocycles. The van der Waals surface area contributed by atoms with E-state index in [1.807, 2.05) is 0 Å². The van der Waals surface area contributed by atoms with E-state index in [0.717, 1.165) is 50.5 Å². The van der Waals surface area contributed by atoms with E-state index < -0.39 is 0 Å². The number of aromatic nitrogens is 3. The average Bonchev–Trinajstić information content (AvgIpc) is 3.15. The highest BCUT2D eigenvalue weighted by atomic mass is 16.5. The fraction of sp³-hybridized carbons (Fsp3) is 0.769. The number of nitrogens with zero attached hydrogens (tertiary/aromatic N) is 4. The zero-order valence-electron chi connectivity index (χ0n) is 11.8. The van der Waals surface area contributed by atoms with Crippen molar-refractivity contribution >= 4 is 6.03 Å². The number of aryl methyl sites for hydroxylation is 1. The van der Waals surface area contributed by atoms with Crippen molar-refractivity contribution in [2.75, 3.05) is 20.2 Å². The molecule has 1 aromatic heterocycles. The molecule has 1 unspecified atom stereocenters. The van der Waals surface area contributed by atoms with Crippen molar-refractivity contribution in [2.45, 2.75) is 44.9 Å². The molecule has 0 aliphatic carbocycles. The van der Waals surface area contributed by atoms with E-state index in [0.29, 0.717) is 13.1 Å². The molecule has 0 bridgehead atoms. The van der Waals surface area contributed by atoms with E-state index in [4.69, 9.17) is 4.74 Å². The molecule has 1 fully saturated rings. The quantitative estimate of drug-likeness (QED) is 0.873. The Balaban J connectivity index is 1.50. The van der Waals surface area contributed by atoms with Gasteiger partial charge in [0.25, 0.3) is 0 Å². The van der Waals surface area contributed by atoms with Gasteiger partial charge in [0.05, 0.1) is 12.6 Å². The number of nitrogens with one attached hydrogen (secondary N) is 1. The number of rotatable bonds is 4. The second-order valence-corrected chi connectivity index (χ2v) is 5.46. The van der Waals surface area contributed by atoms with Crippen molar-refractivity contribution in [3.63, 3.8) is 0 Å². The summed E-state index contributed by atoms with van der Waals surface area (Å²) in [7, 11) is 1.78. The molecule has 2 aliphatic rings. The molecule has 1 saturated heterocycles. The lowest BCUT2D eigenvalue weighted by Gasteiger charge is -2.19. The van der Waals surface area contributed by atoms with Crippen LogP contribution in [0.15, 0.2) is 0 Å². The zero-order chi connectivity index (χ0) is 13.9. The van der Waals surface area contributed by atoms with E-state index in [1.54, 1.807) is 11.9 Å². The van der Waals surface area contributed by atoms with Crippen LogP contribution in [0.5, 0.6) is 0 Å². The highest BCUT2D eigenvalue weighted by Gasteiger charge is 2.21. The first-order chi connectivity index (χ1) is 9.74. The molecule has 0 saturated carbocycles. The van der Waals surface area contributed by atoms with Gasteiger partial charge in [-0.25, -0.2) is 4.79 Å². The summed E-state index contributed by atoms with van der Waals surface area (Å²) in [6.45, 7) is 2.84. The summed E-state index contributed by atoms with van der Waals surface area (Å²) in [5.74, 6) is 1.90. The van der Waals surface area contributed by atoms with E-state index in [9.17, 15) is 4.79 Å². The maximum absolute atomic E-state index is 12.0. The van der Waals surface area contributed by atoms with Crippen molar-refractivity contribution in [3.8, 4) is 0 Å². The number of hydrogen-bond acceptors (Lipinski definition) is 4. The van der Waals surface area contributed by atoms with Crippen LogP contribution in [0.4, 0.5) is 4.79 Å². The van der Waals surface area contributed by atoms with Crippen molar-refractivity contribution < 1.29 is 9.53 Å². The second-order valence-electron chi connectivity index (χ2n) is 5.46. The van der Waals surface area contributed by atoms with Crippen LogP contribution in [-0.4, -0.2) is 52.0 Å². The standard InChI is InChI=1S/C13H21N5O2/c1-17(13(19)14-8-10-4-3-7-20-10)9-12-16-15-11-5-2-6-18(11)12/h10H,2-9H2,1H3,(H,14,19). The summed E-state index contributed by atoms with van der Waals surface area (Å²) in [6, 6.07) is -0.0872. The summed E-state index contributed by atoms with van der Waals surface area (Å²) >= 11 is 0. The monoisotopic (exact) mass is 279 g/mol. The average molecular weight is 279 g/mol. The molecular formula is C13H21N5O2. The third-order valence-electron chi connectivity index (χ3n) is 3.92. The minimum atomic E-state index is -0.0872. The lowest BCUT2D eigenvalue weighted by atomic mass is 10.2. The number of carbonyl (C=O) groups excluding carboxylic acids is 1. The van der Waals surface area contributed by atoms with Gasteiger partial charge >= 0.3 is 6.03 Å². The number of amides is 2. The van der Waals surface area contributed by atoms with Crippen LogP contribution in [0.1, 0.15) is 30.9 Å². The van der Waals surface area contributed by atoms with E-state index in [1.165, 1.54) is 0 Å². The first-order valence-electron chi connectivity index (χ1n) is 7.25. The molecule has 20 heavy (non-hydrogen) atoms. The molecule has 7 heteroatoms. The molecule has 3 heterocycles. The van der Waals surface area contributed by atoms with Crippen LogP contribution >= 0.6 is 0 Å². The highest BCUT2D eigenvalue weighted by molar-refractivity contribution is 5.73. The Labute approximate surface area is 118 Å². The first kappa shape index (κ1) is 13.4.